The highest BCUT2D eigenvalue weighted by molar-refractivity contribution is 6.06. The van der Waals surface area contributed by atoms with Crippen LogP contribution in [0.1, 0.15) is 27.0 Å². The number of halogens is 1. The van der Waals surface area contributed by atoms with Crippen LogP contribution >= 0.6 is 0 Å². The van der Waals surface area contributed by atoms with Crippen molar-refractivity contribution in [2.45, 2.75) is 13.0 Å². The number of pyridine rings is 1. The molecule has 0 unspecified atom stereocenters. The molecule has 160 valence electrons. The lowest BCUT2D eigenvalue weighted by molar-refractivity contribution is -0.0170. The second-order valence-corrected chi connectivity index (χ2v) is 7.57. The van der Waals surface area contributed by atoms with Gasteiger partial charge < -0.3 is 19.8 Å². The number of benzene rings is 3. The van der Waals surface area contributed by atoms with Crippen molar-refractivity contribution in [1.29, 1.82) is 0 Å². The van der Waals surface area contributed by atoms with Crippen molar-refractivity contribution in [3.8, 4) is 5.75 Å². The number of nitrogens with one attached hydrogen (secondary N) is 2. The lowest BCUT2D eigenvalue weighted by atomic mass is 10.0. The molecule has 6 nitrogen and oxygen atoms in total. The highest BCUT2D eigenvalue weighted by Crippen LogP contribution is 2.30. The molecule has 7 heteroatoms. The Morgan fingerprint density at radius 1 is 1.06 bits per heavy atom. The molecule has 3 aromatic carbocycles. The van der Waals surface area contributed by atoms with Gasteiger partial charge in [-0.05, 0) is 53.3 Å². The summed E-state index contributed by atoms with van der Waals surface area (Å²) in [6.45, 7) is 0.206. The Balaban J connectivity index is 1.41. The molecule has 1 aliphatic rings. The van der Waals surface area contributed by atoms with Gasteiger partial charge in [0.25, 0.3) is 11.5 Å². The number of amides is 1. The summed E-state index contributed by atoms with van der Waals surface area (Å²) in [5.41, 5.74) is 2.99. The molecule has 0 aliphatic carbocycles. The van der Waals surface area contributed by atoms with Crippen molar-refractivity contribution in [1.82, 2.24) is 4.98 Å². The maximum atomic E-state index is 14.0. The monoisotopic (exact) mass is 430 g/mol. The summed E-state index contributed by atoms with van der Waals surface area (Å²) in [5.74, 6) is -0.651. The van der Waals surface area contributed by atoms with Gasteiger partial charge in [0.05, 0.1) is 12.2 Å². The van der Waals surface area contributed by atoms with E-state index in [4.69, 9.17) is 9.47 Å². The first-order valence-electron chi connectivity index (χ1n) is 10.1. The van der Waals surface area contributed by atoms with Gasteiger partial charge in [-0.1, -0.05) is 30.3 Å². The fourth-order valence-corrected chi connectivity index (χ4v) is 3.94. The first kappa shape index (κ1) is 20.0. The third kappa shape index (κ3) is 3.86. The molecule has 0 saturated heterocycles. The minimum atomic E-state index is -0.526. The molecule has 0 spiro atoms. The van der Waals surface area contributed by atoms with Gasteiger partial charge in [0, 0.05) is 22.8 Å². The standard InChI is InChI=1S/C25H19FN2O4/c26-18-10-17-13-31-14-32-23(17)22(11-18)25(30)28-19-5-3-4-15(9-19)8-16-12-27-24(29)21-7-2-1-6-20(16)21/h1-7,9-12H,8,13-14H2,(H,27,29)(H,28,30). The van der Waals surface area contributed by atoms with Crippen LogP contribution in [0.15, 0.2) is 71.7 Å². The summed E-state index contributed by atoms with van der Waals surface area (Å²) >= 11 is 0. The number of H-pyrrole nitrogens is 1. The third-order valence-electron chi connectivity index (χ3n) is 5.39. The molecule has 2 N–H and O–H groups in total. The van der Waals surface area contributed by atoms with Crippen molar-refractivity contribution in [3.05, 3.63) is 105 Å². The molecule has 0 radical (unpaired) electrons. The molecule has 0 atom stereocenters. The maximum Gasteiger partial charge on any atom is 0.259 e. The van der Waals surface area contributed by atoms with E-state index in [0.29, 0.717) is 28.8 Å². The van der Waals surface area contributed by atoms with Gasteiger partial charge in [0.15, 0.2) is 6.79 Å². The zero-order chi connectivity index (χ0) is 22.1. The van der Waals surface area contributed by atoms with Crippen LogP contribution in [0.2, 0.25) is 0 Å². The van der Waals surface area contributed by atoms with Gasteiger partial charge >= 0.3 is 0 Å². The van der Waals surface area contributed by atoms with Crippen LogP contribution in [0.3, 0.4) is 0 Å². The number of aromatic amines is 1. The second-order valence-electron chi connectivity index (χ2n) is 7.57. The lowest BCUT2D eigenvalue weighted by Crippen LogP contribution is -2.19. The second kappa shape index (κ2) is 8.28. The summed E-state index contributed by atoms with van der Waals surface area (Å²) in [6.07, 6.45) is 2.28. The lowest BCUT2D eigenvalue weighted by Gasteiger charge is -2.20. The molecule has 4 aromatic rings. The van der Waals surface area contributed by atoms with Gasteiger partial charge in [-0.15, -0.1) is 0 Å². The Morgan fingerprint density at radius 2 is 1.91 bits per heavy atom. The topological polar surface area (TPSA) is 80.4 Å². The van der Waals surface area contributed by atoms with E-state index in [1.807, 2.05) is 36.4 Å². The number of aromatic nitrogens is 1. The van der Waals surface area contributed by atoms with E-state index in [9.17, 15) is 14.0 Å². The molecule has 0 fully saturated rings. The number of rotatable bonds is 4. The minimum Gasteiger partial charge on any atom is -0.466 e. The van der Waals surface area contributed by atoms with Crippen LogP contribution < -0.4 is 15.6 Å². The highest BCUT2D eigenvalue weighted by atomic mass is 19.1. The van der Waals surface area contributed by atoms with E-state index in [0.717, 1.165) is 22.6 Å². The summed E-state index contributed by atoms with van der Waals surface area (Å²) in [6, 6.07) is 17.3. The third-order valence-corrected chi connectivity index (χ3v) is 5.39. The fourth-order valence-electron chi connectivity index (χ4n) is 3.94. The summed E-state index contributed by atoms with van der Waals surface area (Å²) in [4.78, 5) is 27.7. The molecule has 32 heavy (non-hydrogen) atoms. The van der Waals surface area contributed by atoms with Crippen molar-refractivity contribution in [2.24, 2.45) is 0 Å². The Morgan fingerprint density at radius 3 is 2.78 bits per heavy atom. The summed E-state index contributed by atoms with van der Waals surface area (Å²) < 4.78 is 24.6. The van der Waals surface area contributed by atoms with Gasteiger partial charge in [-0.25, -0.2) is 4.39 Å². The van der Waals surface area contributed by atoms with Crippen LogP contribution in [-0.2, 0) is 17.8 Å². The molecular weight excluding hydrogens is 411 g/mol. The van der Waals surface area contributed by atoms with Crippen molar-refractivity contribution in [3.63, 3.8) is 0 Å². The number of carbonyl (C=O) groups excluding carboxylic acids is 1. The van der Waals surface area contributed by atoms with E-state index in [-0.39, 0.29) is 24.5 Å². The fraction of sp³-hybridized carbons (Fsp3) is 0.120. The number of hydrogen-bond donors (Lipinski definition) is 2. The first-order chi connectivity index (χ1) is 15.6. The van der Waals surface area contributed by atoms with Crippen molar-refractivity contribution in [2.75, 3.05) is 12.1 Å². The van der Waals surface area contributed by atoms with Crippen LogP contribution in [0, 0.1) is 5.82 Å². The average molecular weight is 430 g/mol. The molecule has 1 aliphatic heterocycles. The quantitative estimate of drug-likeness (QED) is 0.504. The predicted molar refractivity (Wildman–Crippen MR) is 118 cm³/mol. The Labute approximate surface area is 182 Å². The first-order valence-corrected chi connectivity index (χ1v) is 10.1. The van der Waals surface area contributed by atoms with E-state index in [1.165, 1.54) is 6.07 Å². The average Bonchev–Trinajstić information content (AvgIpc) is 2.81. The molecule has 0 saturated carbocycles. The molecule has 2 heterocycles. The number of hydrogen-bond acceptors (Lipinski definition) is 4. The van der Waals surface area contributed by atoms with Crippen LogP contribution in [0.5, 0.6) is 5.75 Å². The Kier molecular flexibility index (Phi) is 5.17. The zero-order valence-electron chi connectivity index (χ0n) is 17.0. The normalized spacial score (nSPS) is 12.8. The van der Waals surface area contributed by atoms with Crippen LogP contribution in [-0.4, -0.2) is 17.7 Å². The van der Waals surface area contributed by atoms with E-state index >= 15 is 0 Å². The van der Waals surface area contributed by atoms with Gasteiger partial charge in [0.1, 0.15) is 11.6 Å². The Hall–Kier alpha value is -3.97. The van der Waals surface area contributed by atoms with Crippen molar-refractivity contribution < 1.29 is 18.7 Å². The largest absolute Gasteiger partial charge is 0.466 e. The van der Waals surface area contributed by atoms with Gasteiger partial charge in [0.2, 0.25) is 0 Å². The molecule has 0 bridgehead atoms. The molecule has 1 aromatic heterocycles. The van der Waals surface area contributed by atoms with E-state index in [1.54, 1.807) is 18.3 Å². The molecule has 1 amide bonds. The predicted octanol–water partition coefficient (Wildman–Crippen LogP) is 4.38. The number of anilines is 1. The number of fused-ring (bicyclic) bond motifs is 2. The summed E-state index contributed by atoms with van der Waals surface area (Å²) in [7, 11) is 0. The van der Waals surface area contributed by atoms with Crippen LogP contribution in [0.25, 0.3) is 10.8 Å². The van der Waals surface area contributed by atoms with E-state index in [2.05, 4.69) is 10.3 Å². The van der Waals surface area contributed by atoms with Crippen molar-refractivity contribution >= 4 is 22.4 Å². The zero-order valence-corrected chi connectivity index (χ0v) is 17.0. The Bertz CT molecular complexity index is 1400. The summed E-state index contributed by atoms with van der Waals surface area (Å²) in [5, 5.41) is 4.34. The minimum absolute atomic E-state index is 0.0154. The highest BCUT2D eigenvalue weighted by Gasteiger charge is 2.21. The van der Waals surface area contributed by atoms with Crippen LogP contribution in [0.4, 0.5) is 10.1 Å². The maximum absolute atomic E-state index is 14.0. The van der Waals surface area contributed by atoms with Gasteiger partial charge in [-0.2, -0.15) is 0 Å². The SMILES string of the molecule is O=C(Nc1cccc(Cc2c[nH]c(=O)c3ccccc23)c1)c1cc(F)cc2c1OCOC2. The molecular formula is C25H19FN2O4. The molecule has 5 rings (SSSR count). The number of ether oxygens (including phenoxy) is 2. The van der Waals surface area contributed by atoms with E-state index < -0.39 is 11.7 Å². The van der Waals surface area contributed by atoms with Gasteiger partial charge in [-0.3, -0.25) is 9.59 Å². The smallest absolute Gasteiger partial charge is 0.259 e. The number of carbonyl (C=O) groups is 1.